The standard InChI is InChI=1S/C99H162O16P2/c1-4-7-10-13-16-19-22-25-28-31-34-37-39-41-42-43-44-45-46-47-48-49-50-52-54-56-58-61-64-67-70-73-76-79-82-85-97(102)109-88-94(100)89-111-116(105,106)112-90-95(101)91-113-117(107,108)114-93-96(115-99(104)87-84-81-78-75-72-69-66-63-60-55-36-33-30-27-24-21-18-15-12-9-6-3)92-110-98(103)86-83-80-77-74-71-68-65-62-59-57-53-51-40-38-35-32-29-26-23-20-17-14-11-8-5-2/h7-12,16-21,25-30,34-38,41-42,44-45,51,53,55,59,62-63,66,94-96,100-101H,4-6,13-15,22-24,31-33,39-40,43,46-50,52,54,56-58,60-61,64-65,67-93H2,1-3H3,(H,105,106)(H,107,108)/b10-7-,11-8-,12-9-,19-16-,20-17-,21-18-,28-25-,29-26-,30-27-,37-34-,38-35-,42-41-,45-44-,53-51-,55-36-,62-59-,66-63-. The number of phosphoric acid groups is 2. The van der Waals surface area contributed by atoms with Crippen molar-refractivity contribution in [2.75, 3.05) is 39.6 Å². The summed E-state index contributed by atoms with van der Waals surface area (Å²) in [6, 6.07) is 0. The average molecular weight is 1670 g/mol. The van der Waals surface area contributed by atoms with Gasteiger partial charge in [0.15, 0.2) is 6.10 Å². The van der Waals surface area contributed by atoms with Gasteiger partial charge in [0.25, 0.3) is 0 Å². The Morgan fingerprint density at radius 2 is 0.427 bits per heavy atom. The van der Waals surface area contributed by atoms with Crippen molar-refractivity contribution in [1.82, 2.24) is 0 Å². The number of carbonyl (C=O) groups excluding carboxylic acids is 3. The number of phosphoric ester groups is 2. The Morgan fingerprint density at radius 1 is 0.239 bits per heavy atom. The summed E-state index contributed by atoms with van der Waals surface area (Å²) in [6.45, 7) is 2.31. The van der Waals surface area contributed by atoms with Crippen LogP contribution < -0.4 is 0 Å². The molecular weight excluding hydrogens is 1510 g/mol. The predicted molar refractivity (Wildman–Crippen MR) is 491 cm³/mol. The lowest BCUT2D eigenvalue weighted by Gasteiger charge is -2.21. The molecule has 0 amide bonds. The molecule has 0 fully saturated rings. The molecule has 5 unspecified atom stereocenters. The van der Waals surface area contributed by atoms with Crippen LogP contribution in [0.5, 0.6) is 0 Å². The fourth-order valence-corrected chi connectivity index (χ4v) is 13.3. The third-order valence-corrected chi connectivity index (χ3v) is 20.4. The van der Waals surface area contributed by atoms with E-state index in [1.54, 1.807) is 0 Å². The molecule has 4 N–H and O–H groups in total. The van der Waals surface area contributed by atoms with Gasteiger partial charge in [0.2, 0.25) is 0 Å². The SMILES string of the molecule is CC/C=C\C/C=C\C/C=C\C/C=C\C/C=C\C/C=C\CCCCCCCCCCCCCCCCCCC(=O)OCC(O)COP(=O)(O)OCC(O)COP(=O)(O)OCC(COC(=O)CCCCCCCC/C=C\C/C=C\C/C=C\C/C=C\C/C=C\C/C=C\CC)OC(=O)CCCCCCC/C=C\C/C=C\C/C=C\C/C=C\C/C=C\CC. The molecule has 0 aliphatic rings. The first kappa shape index (κ1) is 111. The highest BCUT2D eigenvalue weighted by Crippen LogP contribution is 2.45. The predicted octanol–water partition coefficient (Wildman–Crippen LogP) is 28.0. The molecule has 16 nitrogen and oxygen atoms in total. The molecule has 664 valence electrons. The van der Waals surface area contributed by atoms with Gasteiger partial charge in [-0.05, 0) is 167 Å². The molecule has 117 heavy (non-hydrogen) atoms. The summed E-state index contributed by atoms with van der Waals surface area (Å²) in [5, 5.41) is 20.7. The van der Waals surface area contributed by atoms with Crippen molar-refractivity contribution in [2.45, 2.75) is 360 Å². The fourth-order valence-electron chi connectivity index (χ4n) is 11.7. The highest BCUT2D eigenvalue weighted by Gasteiger charge is 2.29. The number of aliphatic hydroxyl groups excluding tert-OH is 2. The Balaban J connectivity index is 4.58. The molecule has 0 aromatic heterocycles. The summed E-state index contributed by atoms with van der Waals surface area (Å²) in [6.07, 6.45) is 120. The monoisotopic (exact) mass is 1670 g/mol. The zero-order valence-electron chi connectivity index (χ0n) is 73.0. The van der Waals surface area contributed by atoms with Gasteiger partial charge >= 0.3 is 33.6 Å². The molecule has 0 saturated carbocycles. The molecule has 0 aliphatic carbocycles. The van der Waals surface area contributed by atoms with Crippen molar-refractivity contribution in [3.63, 3.8) is 0 Å². The van der Waals surface area contributed by atoms with Crippen molar-refractivity contribution < 1.29 is 75.8 Å². The highest BCUT2D eigenvalue weighted by molar-refractivity contribution is 7.47. The van der Waals surface area contributed by atoms with Gasteiger partial charge in [0.05, 0.1) is 26.4 Å². The van der Waals surface area contributed by atoms with Gasteiger partial charge in [0, 0.05) is 19.3 Å². The number of allylic oxidation sites excluding steroid dienone is 34. The number of aliphatic hydroxyl groups is 2. The van der Waals surface area contributed by atoms with E-state index in [9.17, 15) is 43.5 Å². The van der Waals surface area contributed by atoms with Crippen molar-refractivity contribution in [3.05, 3.63) is 207 Å². The van der Waals surface area contributed by atoms with E-state index < -0.39 is 91.5 Å². The summed E-state index contributed by atoms with van der Waals surface area (Å²) in [5.41, 5.74) is 0. The highest BCUT2D eigenvalue weighted by atomic mass is 31.2. The third-order valence-electron chi connectivity index (χ3n) is 18.5. The van der Waals surface area contributed by atoms with E-state index in [0.29, 0.717) is 19.3 Å². The third kappa shape index (κ3) is 90.7. The van der Waals surface area contributed by atoms with Crippen LogP contribution in [0.15, 0.2) is 207 Å². The molecule has 0 radical (unpaired) electrons. The van der Waals surface area contributed by atoms with Gasteiger partial charge in [-0.1, -0.05) is 362 Å². The molecule has 0 aliphatic heterocycles. The van der Waals surface area contributed by atoms with Gasteiger partial charge < -0.3 is 34.2 Å². The van der Waals surface area contributed by atoms with Crippen molar-refractivity contribution in [1.29, 1.82) is 0 Å². The molecule has 0 heterocycles. The molecule has 0 aromatic rings. The second-order valence-corrected chi connectivity index (χ2v) is 32.5. The van der Waals surface area contributed by atoms with Gasteiger partial charge in [-0.2, -0.15) is 0 Å². The van der Waals surface area contributed by atoms with Gasteiger partial charge in [-0.3, -0.25) is 32.5 Å². The van der Waals surface area contributed by atoms with E-state index in [1.165, 1.54) is 83.5 Å². The number of rotatable bonds is 84. The molecule has 0 aromatic carbocycles. The smallest absolute Gasteiger partial charge is 0.463 e. The molecule has 0 bridgehead atoms. The molecule has 0 rings (SSSR count). The first-order chi connectivity index (χ1) is 57.2. The Morgan fingerprint density at radius 3 is 0.675 bits per heavy atom. The Hall–Kier alpha value is -5.87. The lowest BCUT2D eigenvalue weighted by Crippen LogP contribution is -2.30. The summed E-state index contributed by atoms with van der Waals surface area (Å²) in [7, 11) is -9.83. The van der Waals surface area contributed by atoms with Gasteiger partial charge in [-0.15, -0.1) is 0 Å². The van der Waals surface area contributed by atoms with Crippen molar-refractivity contribution in [2.24, 2.45) is 0 Å². The van der Waals surface area contributed by atoms with Crippen LogP contribution in [0.1, 0.15) is 342 Å². The van der Waals surface area contributed by atoms with E-state index in [4.69, 9.17) is 32.3 Å². The number of hydrogen-bond donors (Lipinski definition) is 4. The van der Waals surface area contributed by atoms with Crippen LogP contribution in [0.4, 0.5) is 0 Å². The number of unbranched alkanes of at least 4 members (excludes halogenated alkanes) is 27. The molecule has 5 atom stereocenters. The fraction of sp³-hybridized carbons (Fsp3) is 0.626. The maximum Gasteiger partial charge on any atom is 0.472 e. The topological polar surface area (TPSA) is 231 Å². The minimum Gasteiger partial charge on any atom is -0.463 e. The quantitative estimate of drug-likeness (QED) is 0.0146. The van der Waals surface area contributed by atoms with Gasteiger partial charge in [-0.25, -0.2) is 9.13 Å². The minimum absolute atomic E-state index is 0.0712. The number of ether oxygens (including phenoxy) is 3. The summed E-state index contributed by atoms with van der Waals surface area (Å²) < 4.78 is 61.4. The number of carbonyl (C=O) groups is 3. The Bertz CT molecular complexity index is 2960. The van der Waals surface area contributed by atoms with E-state index in [1.807, 2.05) is 0 Å². The van der Waals surface area contributed by atoms with Crippen LogP contribution in [-0.2, 0) is 55.8 Å². The van der Waals surface area contributed by atoms with Crippen LogP contribution in [0.25, 0.3) is 0 Å². The van der Waals surface area contributed by atoms with Crippen LogP contribution in [0, 0.1) is 0 Å². The lowest BCUT2D eigenvalue weighted by molar-refractivity contribution is -0.161. The maximum atomic E-state index is 13.0. The number of hydrogen-bond acceptors (Lipinski definition) is 14. The second-order valence-electron chi connectivity index (χ2n) is 29.6. The first-order valence-corrected chi connectivity index (χ1v) is 48.4. The molecule has 0 saturated heterocycles. The minimum atomic E-state index is -4.96. The van der Waals surface area contributed by atoms with E-state index >= 15 is 0 Å². The average Bonchev–Trinajstić information content (AvgIpc) is 0.900. The zero-order valence-corrected chi connectivity index (χ0v) is 74.8. The summed E-state index contributed by atoms with van der Waals surface area (Å²) >= 11 is 0. The Kier molecular flexibility index (Phi) is 84.9. The number of esters is 3. The maximum absolute atomic E-state index is 13.0. The van der Waals surface area contributed by atoms with E-state index in [2.05, 4.69) is 227 Å². The largest absolute Gasteiger partial charge is 0.472 e. The molecule has 0 spiro atoms. The van der Waals surface area contributed by atoms with Crippen LogP contribution >= 0.6 is 15.6 Å². The van der Waals surface area contributed by atoms with Crippen molar-refractivity contribution in [3.8, 4) is 0 Å². The van der Waals surface area contributed by atoms with E-state index in [0.717, 1.165) is 199 Å². The van der Waals surface area contributed by atoms with Gasteiger partial charge in [0.1, 0.15) is 25.4 Å². The second kappa shape index (κ2) is 89.4. The molecular formula is C99H162O16P2. The van der Waals surface area contributed by atoms with Crippen LogP contribution in [-0.4, -0.2) is 95.9 Å². The van der Waals surface area contributed by atoms with Crippen molar-refractivity contribution >= 4 is 33.6 Å². The summed E-state index contributed by atoms with van der Waals surface area (Å²) in [4.78, 5) is 59.0. The molecule has 18 heteroatoms. The van der Waals surface area contributed by atoms with Crippen LogP contribution in [0.3, 0.4) is 0 Å². The summed E-state index contributed by atoms with van der Waals surface area (Å²) in [5.74, 6) is -1.62. The Labute approximate surface area is 711 Å². The zero-order chi connectivity index (χ0) is 85.1. The normalized spacial score (nSPS) is 14.8. The lowest BCUT2D eigenvalue weighted by atomic mass is 10.0. The van der Waals surface area contributed by atoms with E-state index in [-0.39, 0.29) is 19.3 Å². The van der Waals surface area contributed by atoms with Crippen LogP contribution in [0.2, 0.25) is 0 Å². The first-order valence-electron chi connectivity index (χ1n) is 45.4.